The van der Waals surface area contributed by atoms with Gasteiger partial charge in [0.25, 0.3) is 0 Å². The lowest BCUT2D eigenvalue weighted by Crippen LogP contribution is -2.01. The Hall–Kier alpha value is -3.18. The Labute approximate surface area is 166 Å². The molecule has 0 atom stereocenters. The highest BCUT2D eigenvalue weighted by molar-refractivity contribution is 6.31. The van der Waals surface area contributed by atoms with E-state index < -0.39 is 5.82 Å². The van der Waals surface area contributed by atoms with Gasteiger partial charge in [-0.25, -0.2) is 4.39 Å². The van der Waals surface area contributed by atoms with E-state index in [0.29, 0.717) is 27.6 Å². The summed E-state index contributed by atoms with van der Waals surface area (Å²) in [4.78, 5) is 16.6. The van der Waals surface area contributed by atoms with E-state index in [1.165, 1.54) is 12.1 Å². The molecule has 28 heavy (non-hydrogen) atoms. The number of halogens is 2. The molecule has 4 rings (SSSR count). The molecule has 1 aliphatic rings. The minimum atomic E-state index is -0.430. The lowest BCUT2D eigenvalue weighted by molar-refractivity contribution is 0.101. The molecule has 2 aromatic carbocycles. The third-order valence-electron chi connectivity index (χ3n) is 4.47. The Morgan fingerprint density at radius 1 is 1.18 bits per heavy atom. The van der Waals surface area contributed by atoms with Gasteiger partial charge >= 0.3 is 0 Å². The van der Waals surface area contributed by atoms with Crippen LogP contribution in [-0.2, 0) is 6.61 Å². The van der Waals surface area contributed by atoms with Crippen LogP contribution in [0.1, 0.15) is 27.0 Å². The van der Waals surface area contributed by atoms with Crippen LogP contribution in [0.5, 0.6) is 11.5 Å². The summed E-state index contributed by atoms with van der Waals surface area (Å²) in [5.74, 6) is 0.552. The molecular formula is C22H15ClFNO3. The molecule has 140 valence electrons. The van der Waals surface area contributed by atoms with Gasteiger partial charge < -0.3 is 9.47 Å². The summed E-state index contributed by atoms with van der Waals surface area (Å²) in [5.41, 5.74) is 2.22. The molecule has 1 aromatic heterocycles. The number of hydrogen-bond acceptors (Lipinski definition) is 4. The number of ether oxygens (including phenoxy) is 2. The minimum Gasteiger partial charge on any atom is -0.488 e. The molecular weight excluding hydrogens is 381 g/mol. The fraction of sp³-hybridized carbons (Fsp3) is 0.0909. The molecule has 0 spiro atoms. The number of nitrogens with zero attached hydrogens (tertiary/aromatic N) is 1. The van der Waals surface area contributed by atoms with Gasteiger partial charge in [-0.05, 0) is 55.0 Å². The molecule has 6 heteroatoms. The van der Waals surface area contributed by atoms with Gasteiger partial charge in [0.05, 0.1) is 10.6 Å². The zero-order valence-electron chi connectivity index (χ0n) is 14.9. The summed E-state index contributed by atoms with van der Waals surface area (Å²) in [6.07, 6.45) is 4.96. The summed E-state index contributed by atoms with van der Waals surface area (Å²) >= 11 is 6.04. The lowest BCUT2D eigenvalue weighted by Gasteiger charge is -2.12. The van der Waals surface area contributed by atoms with Crippen LogP contribution >= 0.6 is 11.6 Å². The van der Waals surface area contributed by atoms with Gasteiger partial charge in [-0.2, -0.15) is 0 Å². The predicted molar refractivity (Wildman–Crippen MR) is 104 cm³/mol. The largest absolute Gasteiger partial charge is 0.488 e. The number of rotatable bonds is 4. The highest BCUT2D eigenvalue weighted by atomic mass is 35.5. The first kappa shape index (κ1) is 18.2. The van der Waals surface area contributed by atoms with Crippen molar-refractivity contribution in [3.8, 4) is 11.5 Å². The summed E-state index contributed by atoms with van der Waals surface area (Å²) < 4.78 is 25.5. The molecule has 0 N–H and O–H groups in total. The van der Waals surface area contributed by atoms with Crippen LogP contribution in [0.25, 0.3) is 6.08 Å². The van der Waals surface area contributed by atoms with Crippen LogP contribution in [0.3, 0.4) is 0 Å². The lowest BCUT2D eigenvalue weighted by atomic mass is 10.1. The highest BCUT2D eigenvalue weighted by Crippen LogP contribution is 2.39. The molecule has 0 unspecified atom stereocenters. The summed E-state index contributed by atoms with van der Waals surface area (Å²) in [7, 11) is 0. The van der Waals surface area contributed by atoms with E-state index in [1.807, 2.05) is 0 Å². The quantitative estimate of drug-likeness (QED) is 0.556. The van der Waals surface area contributed by atoms with Crippen molar-refractivity contribution in [3.05, 3.63) is 93.7 Å². The Morgan fingerprint density at radius 2 is 1.96 bits per heavy atom. The highest BCUT2D eigenvalue weighted by Gasteiger charge is 2.30. The van der Waals surface area contributed by atoms with Crippen LogP contribution < -0.4 is 9.47 Å². The third kappa shape index (κ3) is 3.37. The molecule has 0 amide bonds. The van der Waals surface area contributed by atoms with E-state index in [0.717, 1.165) is 5.56 Å². The second kappa shape index (κ2) is 7.44. The average molecular weight is 396 g/mol. The molecule has 0 saturated heterocycles. The predicted octanol–water partition coefficient (Wildman–Crippen LogP) is 5.38. The van der Waals surface area contributed by atoms with Gasteiger partial charge in [-0.15, -0.1) is 0 Å². The number of carbonyl (C=O) groups excluding carboxylic acids is 1. The second-order valence-electron chi connectivity index (χ2n) is 6.27. The first-order chi connectivity index (χ1) is 13.5. The fourth-order valence-corrected chi connectivity index (χ4v) is 3.17. The number of allylic oxidation sites excluding steroid dienone is 1. The molecule has 4 nitrogen and oxygen atoms in total. The molecule has 0 saturated carbocycles. The van der Waals surface area contributed by atoms with Gasteiger partial charge in [0.2, 0.25) is 5.78 Å². The Kier molecular flexibility index (Phi) is 4.84. The van der Waals surface area contributed by atoms with Crippen molar-refractivity contribution < 1.29 is 18.7 Å². The average Bonchev–Trinajstić information content (AvgIpc) is 3.00. The van der Waals surface area contributed by atoms with Crippen LogP contribution in [0.4, 0.5) is 4.39 Å². The molecule has 0 fully saturated rings. The van der Waals surface area contributed by atoms with E-state index in [4.69, 9.17) is 21.1 Å². The molecule has 3 aromatic rings. The summed E-state index contributed by atoms with van der Waals surface area (Å²) in [6, 6.07) is 11.4. The number of aromatic nitrogens is 1. The van der Waals surface area contributed by atoms with Crippen molar-refractivity contribution >= 4 is 23.5 Å². The SMILES string of the molecule is Cc1c(OCc2c(F)cccc2Cl)ccc2c1O/C(=C\c1ccncc1)C2=O. The normalized spacial score (nSPS) is 14.1. The topological polar surface area (TPSA) is 48.4 Å². The number of carbonyl (C=O) groups is 1. The number of fused-ring (bicyclic) bond motifs is 1. The maximum Gasteiger partial charge on any atom is 0.231 e. The maximum atomic E-state index is 13.9. The fourth-order valence-electron chi connectivity index (χ4n) is 2.96. The van der Waals surface area contributed by atoms with E-state index in [1.54, 1.807) is 55.7 Å². The van der Waals surface area contributed by atoms with E-state index in [9.17, 15) is 9.18 Å². The van der Waals surface area contributed by atoms with Crippen LogP contribution in [0, 0.1) is 12.7 Å². The second-order valence-corrected chi connectivity index (χ2v) is 6.68. The monoisotopic (exact) mass is 395 g/mol. The van der Waals surface area contributed by atoms with E-state index in [2.05, 4.69) is 4.98 Å². The zero-order chi connectivity index (χ0) is 19.7. The Morgan fingerprint density at radius 3 is 2.71 bits per heavy atom. The van der Waals surface area contributed by atoms with E-state index >= 15 is 0 Å². The Balaban J connectivity index is 1.60. The van der Waals surface area contributed by atoms with Crippen LogP contribution in [-0.4, -0.2) is 10.8 Å². The van der Waals surface area contributed by atoms with Gasteiger partial charge in [-0.1, -0.05) is 17.7 Å². The van der Waals surface area contributed by atoms with Crippen LogP contribution in [0.15, 0.2) is 60.6 Å². The zero-order valence-corrected chi connectivity index (χ0v) is 15.7. The van der Waals surface area contributed by atoms with Crippen molar-refractivity contribution in [2.75, 3.05) is 0 Å². The van der Waals surface area contributed by atoms with Crippen molar-refractivity contribution in [1.29, 1.82) is 0 Å². The standard InChI is InChI=1S/C22H15ClFNO3/c1-13-19(27-12-16-17(23)3-2-4-18(16)24)6-5-15-21(26)20(28-22(13)15)11-14-7-9-25-10-8-14/h2-11H,12H2,1H3/b20-11-. The van der Waals surface area contributed by atoms with Crippen molar-refractivity contribution in [3.63, 3.8) is 0 Å². The number of Topliss-reactive ketones (excluding diaryl/α,β-unsaturated/α-hetero) is 1. The van der Waals surface area contributed by atoms with Gasteiger partial charge in [0, 0.05) is 23.5 Å². The number of ketones is 1. The van der Waals surface area contributed by atoms with Crippen LogP contribution in [0.2, 0.25) is 5.02 Å². The third-order valence-corrected chi connectivity index (χ3v) is 4.83. The first-order valence-corrected chi connectivity index (χ1v) is 8.96. The molecule has 0 bridgehead atoms. The molecule has 1 aliphatic heterocycles. The summed E-state index contributed by atoms with van der Waals surface area (Å²) in [6.45, 7) is 1.76. The molecule has 2 heterocycles. The van der Waals surface area contributed by atoms with Crippen molar-refractivity contribution in [1.82, 2.24) is 4.98 Å². The van der Waals surface area contributed by atoms with Gasteiger partial charge in [0.1, 0.15) is 23.9 Å². The summed E-state index contributed by atoms with van der Waals surface area (Å²) in [5, 5.41) is 0.299. The van der Waals surface area contributed by atoms with Crippen molar-refractivity contribution in [2.45, 2.75) is 13.5 Å². The maximum absolute atomic E-state index is 13.9. The molecule has 0 aliphatic carbocycles. The van der Waals surface area contributed by atoms with E-state index in [-0.39, 0.29) is 23.7 Å². The van der Waals surface area contributed by atoms with Crippen molar-refractivity contribution in [2.24, 2.45) is 0 Å². The number of pyridine rings is 1. The van der Waals surface area contributed by atoms with Gasteiger partial charge in [0.15, 0.2) is 5.76 Å². The number of benzene rings is 2. The smallest absolute Gasteiger partial charge is 0.231 e. The Bertz CT molecular complexity index is 1080. The first-order valence-electron chi connectivity index (χ1n) is 8.58. The van der Waals surface area contributed by atoms with Gasteiger partial charge in [-0.3, -0.25) is 9.78 Å². The molecule has 0 radical (unpaired) electrons. The number of hydrogen-bond donors (Lipinski definition) is 0. The minimum absolute atomic E-state index is 0.0290.